The first-order valence-electron chi connectivity index (χ1n) is 4.33. The second-order valence-electron chi connectivity index (χ2n) is 2.95. The van der Waals surface area contributed by atoms with Gasteiger partial charge in [0.1, 0.15) is 5.75 Å². The quantitative estimate of drug-likeness (QED) is 0.861. The summed E-state index contributed by atoms with van der Waals surface area (Å²) in [6.07, 6.45) is 0. The fourth-order valence-corrected chi connectivity index (χ4v) is 1.49. The molecule has 0 aliphatic rings. The first-order chi connectivity index (χ1) is 7.04. The van der Waals surface area contributed by atoms with Crippen molar-refractivity contribution in [2.75, 3.05) is 12.4 Å². The van der Waals surface area contributed by atoms with Crippen LogP contribution in [0.5, 0.6) is 5.75 Å². The van der Waals surface area contributed by atoms with E-state index in [0.29, 0.717) is 11.4 Å². The van der Waals surface area contributed by atoms with Crippen LogP contribution in [0.2, 0.25) is 0 Å². The lowest BCUT2D eigenvalue weighted by atomic mass is 10.3. The smallest absolute Gasteiger partial charge is 0.237 e. The molecule has 1 N–H and O–H groups in total. The van der Waals surface area contributed by atoms with Gasteiger partial charge in [0.05, 0.1) is 17.6 Å². The Morgan fingerprint density at radius 1 is 1.53 bits per heavy atom. The Balaban J connectivity index is 2.92. The summed E-state index contributed by atoms with van der Waals surface area (Å²) in [6, 6.07) is 5.44. The number of anilines is 1. The van der Waals surface area contributed by atoms with Crippen molar-refractivity contribution < 1.29 is 9.53 Å². The van der Waals surface area contributed by atoms with E-state index in [0.717, 1.165) is 4.47 Å². The number of nitrogens with one attached hydrogen (secondary N) is 1. The Morgan fingerprint density at radius 3 is 2.73 bits per heavy atom. The SMILES string of the molecule is COc1ccc(Br)cc1NC(=O)C(C)Br. The summed E-state index contributed by atoms with van der Waals surface area (Å²) in [5, 5.41) is 2.76. The van der Waals surface area contributed by atoms with Gasteiger partial charge in [-0.1, -0.05) is 31.9 Å². The van der Waals surface area contributed by atoms with Gasteiger partial charge >= 0.3 is 0 Å². The van der Waals surface area contributed by atoms with E-state index in [4.69, 9.17) is 4.74 Å². The summed E-state index contributed by atoms with van der Waals surface area (Å²) >= 11 is 6.53. The van der Waals surface area contributed by atoms with Crippen molar-refractivity contribution in [1.82, 2.24) is 0 Å². The monoisotopic (exact) mass is 335 g/mol. The van der Waals surface area contributed by atoms with E-state index in [1.165, 1.54) is 0 Å². The summed E-state index contributed by atoms with van der Waals surface area (Å²) in [7, 11) is 1.57. The van der Waals surface area contributed by atoms with Gasteiger partial charge in [-0.15, -0.1) is 0 Å². The molecule has 0 bridgehead atoms. The van der Waals surface area contributed by atoms with Crippen LogP contribution < -0.4 is 10.1 Å². The van der Waals surface area contributed by atoms with Crippen molar-refractivity contribution >= 4 is 43.5 Å². The number of halogens is 2. The molecule has 1 aromatic rings. The molecule has 82 valence electrons. The molecule has 0 aliphatic carbocycles. The largest absolute Gasteiger partial charge is 0.495 e. The van der Waals surface area contributed by atoms with Crippen LogP contribution in [0.25, 0.3) is 0 Å². The summed E-state index contributed by atoms with van der Waals surface area (Å²) in [6.45, 7) is 1.76. The van der Waals surface area contributed by atoms with Crippen molar-refractivity contribution in [3.63, 3.8) is 0 Å². The summed E-state index contributed by atoms with van der Waals surface area (Å²) in [4.78, 5) is 11.2. The predicted octanol–water partition coefficient (Wildman–Crippen LogP) is 3.18. The molecule has 5 heteroatoms. The highest BCUT2D eigenvalue weighted by Gasteiger charge is 2.11. The Labute approximate surface area is 105 Å². The molecule has 0 heterocycles. The van der Waals surface area contributed by atoms with Crippen LogP contribution in [-0.2, 0) is 4.79 Å². The van der Waals surface area contributed by atoms with Gasteiger partial charge in [0, 0.05) is 4.47 Å². The van der Waals surface area contributed by atoms with Crippen molar-refractivity contribution in [3.8, 4) is 5.75 Å². The van der Waals surface area contributed by atoms with E-state index in [-0.39, 0.29) is 10.7 Å². The fourth-order valence-electron chi connectivity index (χ4n) is 1.01. The van der Waals surface area contributed by atoms with Crippen molar-refractivity contribution in [2.24, 2.45) is 0 Å². The van der Waals surface area contributed by atoms with E-state index in [2.05, 4.69) is 37.2 Å². The summed E-state index contributed by atoms with van der Waals surface area (Å²) < 4.78 is 6.02. The second-order valence-corrected chi connectivity index (χ2v) is 5.24. The van der Waals surface area contributed by atoms with Crippen LogP contribution in [0.4, 0.5) is 5.69 Å². The highest BCUT2D eigenvalue weighted by Crippen LogP contribution is 2.28. The lowest BCUT2D eigenvalue weighted by molar-refractivity contribution is -0.115. The number of methoxy groups -OCH3 is 1. The third-order valence-electron chi connectivity index (χ3n) is 1.78. The molecule has 1 rings (SSSR count). The van der Waals surface area contributed by atoms with E-state index in [1.54, 1.807) is 26.2 Å². The number of ether oxygens (including phenoxy) is 1. The topological polar surface area (TPSA) is 38.3 Å². The Hall–Kier alpha value is -0.550. The Bertz CT molecular complexity index is 366. The number of benzene rings is 1. The molecule has 0 saturated heterocycles. The van der Waals surface area contributed by atoms with Crippen LogP contribution >= 0.6 is 31.9 Å². The summed E-state index contributed by atoms with van der Waals surface area (Å²) in [5.41, 5.74) is 0.656. The maximum absolute atomic E-state index is 11.5. The highest BCUT2D eigenvalue weighted by molar-refractivity contribution is 9.10. The Morgan fingerprint density at radius 2 is 2.20 bits per heavy atom. The third kappa shape index (κ3) is 3.50. The highest BCUT2D eigenvalue weighted by atomic mass is 79.9. The van der Waals surface area contributed by atoms with Gasteiger partial charge in [0.15, 0.2) is 0 Å². The second kappa shape index (κ2) is 5.51. The molecule has 1 amide bonds. The molecular weight excluding hydrogens is 326 g/mol. The van der Waals surface area contributed by atoms with Crippen LogP contribution in [0.1, 0.15) is 6.92 Å². The van der Waals surface area contributed by atoms with Crippen LogP contribution in [0.15, 0.2) is 22.7 Å². The van der Waals surface area contributed by atoms with Crippen LogP contribution in [-0.4, -0.2) is 17.8 Å². The average molecular weight is 337 g/mol. The van der Waals surface area contributed by atoms with Crippen molar-refractivity contribution in [2.45, 2.75) is 11.8 Å². The Kier molecular flexibility index (Phi) is 4.60. The zero-order valence-corrected chi connectivity index (χ0v) is 11.6. The zero-order valence-electron chi connectivity index (χ0n) is 8.38. The minimum atomic E-state index is -0.235. The number of hydrogen-bond donors (Lipinski definition) is 1. The van der Waals surface area contributed by atoms with Crippen LogP contribution in [0, 0.1) is 0 Å². The van der Waals surface area contributed by atoms with E-state index >= 15 is 0 Å². The van der Waals surface area contributed by atoms with Gasteiger partial charge < -0.3 is 10.1 Å². The predicted molar refractivity (Wildman–Crippen MR) is 67.7 cm³/mol. The number of amides is 1. The lowest BCUT2D eigenvalue weighted by Gasteiger charge is -2.11. The molecular formula is C10H11Br2NO2. The van der Waals surface area contributed by atoms with Crippen molar-refractivity contribution in [3.05, 3.63) is 22.7 Å². The maximum atomic E-state index is 11.5. The molecule has 0 fully saturated rings. The van der Waals surface area contributed by atoms with E-state index in [9.17, 15) is 4.79 Å². The molecule has 0 radical (unpaired) electrons. The molecule has 1 unspecified atom stereocenters. The molecule has 0 spiro atoms. The molecule has 1 aromatic carbocycles. The number of hydrogen-bond acceptors (Lipinski definition) is 2. The molecule has 3 nitrogen and oxygen atoms in total. The lowest BCUT2D eigenvalue weighted by Crippen LogP contribution is -2.20. The molecule has 1 atom stereocenters. The average Bonchev–Trinajstić information content (AvgIpc) is 2.18. The number of carbonyl (C=O) groups is 1. The standard InChI is InChI=1S/C10H11Br2NO2/c1-6(11)10(14)13-8-5-7(12)3-4-9(8)15-2/h3-6H,1-2H3,(H,13,14). The van der Waals surface area contributed by atoms with E-state index < -0.39 is 0 Å². The fraction of sp³-hybridized carbons (Fsp3) is 0.300. The number of rotatable bonds is 3. The van der Waals surface area contributed by atoms with Gasteiger partial charge in [-0.05, 0) is 25.1 Å². The van der Waals surface area contributed by atoms with Crippen molar-refractivity contribution in [1.29, 1.82) is 0 Å². The van der Waals surface area contributed by atoms with Gasteiger partial charge in [0.2, 0.25) is 5.91 Å². The third-order valence-corrected chi connectivity index (χ3v) is 2.69. The minimum absolute atomic E-state index is 0.105. The first-order valence-corrected chi connectivity index (χ1v) is 6.04. The first kappa shape index (κ1) is 12.5. The molecule has 0 aromatic heterocycles. The minimum Gasteiger partial charge on any atom is -0.495 e. The zero-order chi connectivity index (χ0) is 11.4. The molecule has 15 heavy (non-hydrogen) atoms. The van der Waals surface area contributed by atoms with Gasteiger partial charge in [-0.25, -0.2) is 0 Å². The molecule has 0 saturated carbocycles. The van der Waals surface area contributed by atoms with Gasteiger partial charge in [-0.3, -0.25) is 4.79 Å². The van der Waals surface area contributed by atoms with Gasteiger partial charge in [-0.2, -0.15) is 0 Å². The molecule has 0 aliphatic heterocycles. The van der Waals surface area contributed by atoms with E-state index in [1.807, 2.05) is 6.07 Å². The van der Waals surface area contributed by atoms with Crippen LogP contribution in [0.3, 0.4) is 0 Å². The normalized spacial score (nSPS) is 12.0. The summed E-state index contributed by atoms with van der Waals surface area (Å²) in [5.74, 6) is 0.533. The number of carbonyl (C=O) groups excluding carboxylic acids is 1. The van der Waals surface area contributed by atoms with Gasteiger partial charge in [0.25, 0.3) is 0 Å². The maximum Gasteiger partial charge on any atom is 0.237 e. The number of alkyl halides is 1.